The Bertz CT molecular complexity index is 1040. The highest BCUT2D eigenvalue weighted by Crippen LogP contribution is 2.29. The molecule has 1 aromatic carbocycles. The fourth-order valence-corrected chi connectivity index (χ4v) is 3.84. The Kier molecular flexibility index (Phi) is 5.46. The van der Waals surface area contributed by atoms with Gasteiger partial charge in [0.25, 0.3) is 5.91 Å². The van der Waals surface area contributed by atoms with E-state index in [-0.39, 0.29) is 28.8 Å². The first-order valence-corrected chi connectivity index (χ1v) is 9.68. The maximum atomic E-state index is 12.9. The van der Waals surface area contributed by atoms with Crippen LogP contribution in [0.15, 0.2) is 58.1 Å². The van der Waals surface area contributed by atoms with Crippen LogP contribution in [0.1, 0.15) is 46.1 Å². The number of likely N-dealkylation sites (tertiary alicyclic amines) is 1. The minimum atomic E-state index is -0.366. The van der Waals surface area contributed by atoms with Crippen LogP contribution in [0.3, 0.4) is 0 Å². The molecule has 0 saturated carbocycles. The van der Waals surface area contributed by atoms with Gasteiger partial charge >= 0.3 is 0 Å². The topological polar surface area (TPSA) is 88.4 Å². The van der Waals surface area contributed by atoms with Gasteiger partial charge in [0.15, 0.2) is 5.76 Å². The number of aromatic nitrogens is 2. The van der Waals surface area contributed by atoms with Gasteiger partial charge in [-0.3, -0.25) is 14.7 Å². The molecule has 3 aromatic rings. The molecular formula is C22H23N3O4. The van der Waals surface area contributed by atoms with Crippen LogP contribution in [0.5, 0.6) is 5.75 Å². The molecule has 7 nitrogen and oxygen atoms in total. The van der Waals surface area contributed by atoms with E-state index in [0.29, 0.717) is 13.1 Å². The number of carbonyl (C=O) groups is 1. The number of ether oxygens (including phenoxy) is 1. The summed E-state index contributed by atoms with van der Waals surface area (Å²) in [5.41, 5.74) is 3.07. The van der Waals surface area contributed by atoms with Crippen molar-refractivity contribution in [2.24, 2.45) is 0 Å². The molecule has 29 heavy (non-hydrogen) atoms. The smallest absolute Gasteiger partial charge is 0.289 e. The minimum Gasteiger partial charge on any atom is -0.490 e. The zero-order valence-corrected chi connectivity index (χ0v) is 16.3. The maximum absolute atomic E-state index is 12.9. The van der Waals surface area contributed by atoms with Crippen molar-refractivity contribution in [2.75, 3.05) is 20.2 Å². The van der Waals surface area contributed by atoms with Crippen LogP contribution in [0.2, 0.25) is 0 Å². The van der Waals surface area contributed by atoms with Gasteiger partial charge < -0.3 is 14.1 Å². The Morgan fingerprint density at radius 3 is 2.93 bits per heavy atom. The molecule has 1 N–H and O–H groups in total. The summed E-state index contributed by atoms with van der Waals surface area (Å²) in [5.74, 6) is 0.00381. The number of H-pyrrole nitrogens is 1. The fraction of sp³-hybridized carbons (Fsp3) is 0.318. The monoisotopic (exact) mass is 393 g/mol. The highest BCUT2D eigenvalue weighted by molar-refractivity contribution is 5.91. The average molecular weight is 393 g/mol. The quantitative estimate of drug-likeness (QED) is 0.720. The number of hydrogen-bond acceptors (Lipinski definition) is 5. The molecule has 1 amide bonds. The van der Waals surface area contributed by atoms with Gasteiger partial charge in [0.1, 0.15) is 6.26 Å². The summed E-state index contributed by atoms with van der Waals surface area (Å²) in [4.78, 5) is 26.6. The number of hydrogen-bond donors (Lipinski definition) is 1. The Morgan fingerprint density at radius 2 is 2.17 bits per heavy atom. The number of rotatable bonds is 5. The van der Waals surface area contributed by atoms with E-state index in [9.17, 15) is 9.59 Å². The molecule has 4 rings (SSSR count). The normalized spacial score (nSPS) is 16.6. The standard InChI is InChI=1S/C22H23N3O4/c1-28-20-14-29-19(11-18(20)26)22(27)25-9-5-8-16(13-25)21-17(12-23-24-21)10-15-6-3-2-4-7-15/h2-4,6-7,11-12,14,16H,5,8-10,13H2,1H3,(H,23,24). The summed E-state index contributed by atoms with van der Waals surface area (Å²) in [7, 11) is 1.39. The van der Waals surface area contributed by atoms with Gasteiger partial charge in [0.05, 0.1) is 13.3 Å². The first kappa shape index (κ1) is 19.0. The van der Waals surface area contributed by atoms with E-state index in [0.717, 1.165) is 30.5 Å². The molecule has 2 aromatic heterocycles. The first-order valence-electron chi connectivity index (χ1n) is 9.68. The van der Waals surface area contributed by atoms with Gasteiger partial charge in [-0.15, -0.1) is 0 Å². The Hall–Kier alpha value is -3.35. The van der Waals surface area contributed by atoms with Crippen LogP contribution < -0.4 is 10.2 Å². The number of methoxy groups -OCH3 is 1. The maximum Gasteiger partial charge on any atom is 0.289 e. The third-order valence-corrected chi connectivity index (χ3v) is 5.33. The molecule has 7 heteroatoms. The highest BCUT2D eigenvalue weighted by Gasteiger charge is 2.29. The van der Waals surface area contributed by atoms with Crippen LogP contribution in [0.25, 0.3) is 0 Å². The van der Waals surface area contributed by atoms with Crippen LogP contribution >= 0.6 is 0 Å². The predicted octanol–water partition coefficient (Wildman–Crippen LogP) is 2.98. The van der Waals surface area contributed by atoms with E-state index >= 15 is 0 Å². The van der Waals surface area contributed by atoms with Gasteiger partial charge in [-0.2, -0.15) is 5.10 Å². The lowest BCUT2D eigenvalue weighted by Gasteiger charge is -2.32. The summed E-state index contributed by atoms with van der Waals surface area (Å²) in [6.45, 7) is 1.19. The van der Waals surface area contributed by atoms with Crippen molar-refractivity contribution in [3.63, 3.8) is 0 Å². The summed E-state index contributed by atoms with van der Waals surface area (Å²) in [5, 5.41) is 7.39. The van der Waals surface area contributed by atoms with Gasteiger partial charge in [-0.05, 0) is 24.0 Å². The van der Waals surface area contributed by atoms with Crippen LogP contribution in [-0.2, 0) is 6.42 Å². The molecule has 0 aliphatic carbocycles. The van der Waals surface area contributed by atoms with Crippen LogP contribution in [0, 0.1) is 0 Å². The number of carbonyl (C=O) groups excluding carboxylic acids is 1. The largest absolute Gasteiger partial charge is 0.490 e. The van der Waals surface area contributed by atoms with Crippen molar-refractivity contribution >= 4 is 5.91 Å². The molecule has 0 spiro atoms. The molecule has 1 unspecified atom stereocenters. The number of piperidine rings is 1. The summed E-state index contributed by atoms with van der Waals surface area (Å²) in [6.07, 6.45) is 5.70. The van der Waals surface area contributed by atoms with Crippen LogP contribution in [-0.4, -0.2) is 41.2 Å². The van der Waals surface area contributed by atoms with Gasteiger partial charge in [-0.1, -0.05) is 30.3 Å². The lowest BCUT2D eigenvalue weighted by atomic mass is 9.90. The summed E-state index contributed by atoms with van der Waals surface area (Å²) in [6, 6.07) is 11.4. The van der Waals surface area contributed by atoms with Crippen molar-refractivity contribution in [1.29, 1.82) is 0 Å². The van der Waals surface area contributed by atoms with Gasteiger partial charge in [0, 0.05) is 37.2 Å². The van der Waals surface area contributed by atoms with Crippen molar-refractivity contribution < 1.29 is 13.9 Å². The molecule has 1 fully saturated rings. The van der Waals surface area contributed by atoms with E-state index in [1.165, 1.54) is 25.0 Å². The molecule has 1 aliphatic rings. The zero-order chi connectivity index (χ0) is 20.2. The molecule has 1 saturated heterocycles. The van der Waals surface area contributed by atoms with E-state index in [2.05, 4.69) is 22.3 Å². The molecule has 150 valence electrons. The lowest BCUT2D eigenvalue weighted by molar-refractivity contribution is 0.0670. The number of benzene rings is 1. The van der Waals surface area contributed by atoms with Crippen molar-refractivity contribution in [3.8, 4) is 5.75 Å². The predicted molar refractivity (Wildman–Crippen MR) is 107 cm³/mol. The Morgan fingerprint density at radius 1 is 1.34 bits per heavy atom. The number of nitrogens with zero attached hydrogens (tertiary/aromatic N) is 2. The number of amides is 1. The molecule has 0 radical (unpaired) electrons. The average Bonchev–Trinajstić information content (AvgIpc) is 3.22. The number of aromatic amines is 1. The molecule has 1 atom stereocenters. The number of nitrogens with one attached hydrogen (secondary N) is 1. The van der Waals surface area contributed by atoms with E-state index in [4.69, 9.17) is 9.15 Å². The van der Waals surface area contributed by atoms with Crippen molar-refractivity contribution in [3.05, 3.63) is 81.7 Å². The SMILES string of the molecule is COc1coc(C(=O)N2CCCC(c3[nH]ncc3Cc3ccccc3)C2)cc1=O. The summed E-state index contributed by atoms with van der Waals surface area (Å²) >= 11 is 0. The third-order valence-electron chi connectivity index (χ3n) is 5.33. The van der Waals surface area contributed by atoms with E-state index < -0.39 is 0 Å². The Labute approximate surface area is 168 Å². The van der Waals surface area contributed by atoms with Crippen molar-refractivity contribution in [1.82, 2.24) is 15.1 Å². The molecule has 3 heterocycles. The van der Waals surface area contributed by atoms with E-state index in [1.54, 1.807) is 4.90 Å². The zero-order valence-electron chi connectivity index (χ0n) is 16.3. The van der Waals surface area contributed by atoms with Gasteiger partial charge in [-0.25, -0.2) is 0 Å². The second kappa shape index (κ2) is 8.34. The molecule has 0 bridgehead atoms. The van der Waals surface area contributed by atoms with E-state index in [1.807, 2.05) is 24.4 Å². The second-order valence-electron chi connectivity index (χ2n) is 7.24. The first-order chi connectivity index (χ1) is 14.2. The van der Waals surface area contributed by atoms with Gasteiger partial charge in [0.2, 0.25) is 11.2 Å². The lowest BCUT2D eigenvalue weighted by Crippen LogP contribution is -2.39. The fourth-order valence-electron chi connectivity index (χ4n) is 3.84. The Balaban J connectivity index is 1.50. The van der Waals surface area contributed by atoms with Crippen molar-refractivity contribution in [2.45, 2.75) is 25.2 Å². The second-order valence-corrected chi connectivity index (χ2v) is 7.24. The molecular weight excluding hydrogens is 370 g/mol. The van der Waals surface area contributed by atoms with Crippen LogP contribution in [0.4, 0.5) is 0 Å². The highest BCUT2D eigenvalue weighted by atomic mass is 16.5. The third kappa shape index (κ3) is 4.08. The summed E-state index contributed by atoms with van der Waals surface area (Å²) < 4.78 is 10.2. The molecule has 1 aliphatic heterocycles. The minimum absolute atomic E-state index is 0.0329.